The molecule has 4 rings (SSSR count). The number of methoxy groups -OCH3 is 2. The van der Waals surface area contributed by atoms with E-state index >= 15 is 0 Å². The van der Waals surface area contributed by atoms with Crippen LogP contribution in [0.3, 0.4) is 0 Å². The van der Waals surface area contributed by atoms with E-state index in [1.54, 1.807) is 29.6 Å². The third kappa shape index (κ3) is 4.66. The molecule has 2 aromatic carbocycles. The standard InChI is InChI=1S/C24H25ClN4O4/c1-15(16-4-6-18(7-5-16)28-9-8-26-14-28)27-24(31)17-10-23(30)29(13-17)20-11-19(25)21(32-2)12-22(20)33-3/h4-9,11-12,14-15,17H,10,13H2,1-3H3,(H,27,31)/t15-,17+/m1/s1. The van der Waals surface area contributed by atoms with E-state index in [0.717, 1.165) is 11.3 Å². The summed E-state index contributed by atoms with van der Waals surface area (Å²) in [7, 11) is 3.02. The van der Waals surface area contributed by atoms with Crippen molar-refractivity contribution < 1.29 is 19.1 Å². The molecule has 1 fully saturated rings. The summed E-state index contributed by atoms with van der Waals surface area (Å²) < 4.78 is 12.5. The number of hydrogen-bond acceptors (Lipinski definition) is 5. The van der Waals surface area contributed by atoms with E-state index in [9.17, 15) is 9.59 Å². The first kappa shape index (κ1) is 22.7. The molecule has 9 heteroatoms. The van der Waals surface area contributed by atoms with Gasteiger partial charge >= 0.3 is 0 Å². The molecule has 172 valence electrons. The average Bonchev–Trinajstić information content (AvgIpc) is 3.49. The van der Waals surface area contributed by atoms with E-state index in [1.165, 1.54) is 14.2 Å². The summed E-state index contributed by atoms with van der Waals surface area (Å²) in [6.45, 7) is 2.17. The van der Waals surface area contributed by atoms with Crippen LogP contribution in [-0.2, 0) is 9.59 Å². The van der Waals surface area contributed by atoms with Crippen LogP contribution in [0.4, 0.5) is 5.69 Å². The number of ether oxygens (including phenoxy) is 2. The summed E-state index contributed by atoms with van der Waals surface area (Å²) in [5.41, 5.74) is 2.47. The van der Waals surface area contributed by atoms with Crippen molar-refractivity contribution in [3.8, 4) is 17.2 Å². The molecule has 0 spiro atoms. The van der Waals surface area contributed by atoms with Crippen molar-refractivity contribution in [2.24, 2.45) is 5.92 Å². The number of halogens is 1. The highest BCUT2D eigenvalue weighted by Gasteiger charge is 2.37. The summed E-state index contributed by atoms with van der Waals surface area (Å²) in [5, 5.41) is 3.39. The fourth-order valence-corrected chi connectivity index (χ4v) is 4.17. The topological polar surface area (TPSA) is 85.7 Å². The van der Waals surface area contributed by atoms with Crippen molar-refractivity contribution in [3.05, 3.63) is 65.7 Å². The number of benzene rings is 2. The van der Waals surface area contributed by atoms with Gasteiger partial charge in [0.15, 0.2) is 0 Å². The predicted octanol–water partition coefficient (Wildman–Crippen LogP) is 3.77. The van der Waals surface area contributed by atoms with Crippen LogP contribution < -0.4 is 19.7 Å². The second-order valence-corrected chi connectivity index (χ2v) is 8.26. The molecule has 2 heterocycles. The van der Waals surface area contributed by atoms with Crippen molar-refractivity contribution in [1.82, 2.24) is 14.9 Å². The van der Waals surface area contributed by atoms with Crippen molar-refractivity contribution in [3.63, 3.8) is 0 Å². The Hall–Kier alpha value is -3.52. The van der Waals surface area contributed by atoms with Gasteiger partial charge in [0.1, 0.15) is 11.5 Å². The number of imidazole rings is 1. The molecule has 2 amide bonds. The highest BCUT2D eigenvalue weighted by atomic mass is 35.5. The van der Waals surface area contributed by atoms with E-state index in [-0.39, 0.29) is 30.8 Å². The quantitative estimate of drug-likeness (QED) is 0.570. The zero-order valence-electron chi connectivity index (χ0n) is 18.6. The third-order valence-electron chi connectivity index (χ3n) is 5.79. The molecular weight excluding hydrogens is 444 g/mol. The van der Waals surface area contributed by atoms with Gasteiger partial charge in [0.2, 0.25) is 11.8 Å². The highest BCUT2D eigenvalue weighted by molar-refractivity contribution is 6.32. The van der Waals surface area contributed by atoms with Crippen molar-refractivity contribution in [2.45, 2.75) is 19.4 Å². The summed E-state index contributed by atoms with van der Waals surface area (Å²) in [6, 6.07) is 10.9. The molecule has 0 saturated carbocycles. The second-order valence-electron chi connectivity index (χ2n) is 7.86. The zero-order valence-corrected chi connectivity index (χ0v) is 19.4. The van der Waals surface area contributed by atoms with Gasteiger partial charge < -0.3 is 24.3 Å². The fourth-order valence-electron chi connectivity index (χ4n) is 3.93. The molecule has 1 saturated heterocycles. The molecular formula is C24H25ClN4O4. The van der Waals surface area contributed by atoms with Gasteiger partial charge in [-0.05, 0) is 30.7 Å². The Morgan fingerprint density at radius 1 is 1.18 bits per heavy atom. The third-order valence-corrected chi connectivity index (χ3v) is 6.09. The van der Waals surface area contributed by atoms with Gasteiger partial charge in [-0.25, -0.2) is 4.98 Å². The SMILES string of the molecule is COc1cc(OC)c(N2C[C@@H](C(=O)N[C@H](C)c3ccc(-n4ccnc4)cc3)CC2=O)cc1Cl. The molecule has 1 N–H and O–H groups in total. The Balaban J connectivity index is 1.44. The number of rotatable bonds is 7. The molecule has 0 bridgehead atoms. The van der Waals surface area contributed by atoms with Gasteiger partial charge in [-0.15, -0.1) is 0 Å². The Morgan fingerprint density at radius 2 is 1.91 bits per heavy atom. The summed E-state index contributed by atoms with van der Waals surface area (Å²) in [4.78, 5) is 31.3. The summed E-state index contributed by atoms with van der Waals surface area (Å²) in [5.74, 6) is 0.0986. The first-order chi connectivity index (χ1) is 15.9. The maximum absolute atomic E-state index is 12.9. The number of carbonyl (C=O) groups is 2. The van der Waals surface area contributed by atoms with Crippen LogP contribution in [0.1, 0.15) is 24.9 Å². The van der Waals surface area contributed by atoms with Crippen LogP contribution in [0.5, 0.6) is 11.5 Å². The van der Waals surface area contributed by atoms with Gasteiger partial charge in [-0.1, -0.05) is 23.7 Å². The van der Waals surface area contributed by atoms with Gasteiger partial charge in [-0.2, -0.15) is 0 Å². The maximum atomic E-state index is 12.9. The normalized spacial score (nSPS) is 16.5. The van der Waals surface area contributed by atoms with Crippen molar-refractivity contribution >= 4 is 29.1 Å². The first-order valence-electron chi connectivity index (χ1n) is 10.5. The van der Waals surface area contributed by atoms with Crippen molar-refractivity contribution in [1.29, 1.82) is 0 Å². The molecule has 0 aliphatic carbocycles. The number of nitrogens with one attached hydrogen (secondary N) is 1. The number of aromatic nitrogens is 2. The molecule has 1 aromatic heterocycles. The van der Waals surface area contributed by atoms with Crippen molar-refractivity contribution in [2.75, 3.05) is 25.7 Å². The van der Waals surface area contributed by atoms with Crippen LogP contribution >= 0.6 is 11.6 Å². The molecule has 0 unspecified atom stereocenters. The number of amides is 2. The number of anilines is 1. The van der Waals surface area contributed by atoms with E-state index in [4.69, 9.17) is 21.1 Å². The minimum Gasteiger partial charge on any atom is -0.495 e. The molecule has 33 heavy (non-hydrogen) atoms. The van der Waals surface area contributed by atoms with Gasteiger partial charge in [-0.3, -0.25) is 9.59 Å². The maximum Gasteiger partial charge on any atom is 0.227 e. The highest BCUT2D eigenvalue weighted by Crippen LogP contribution is 2.40. The van der Waals surface area contributed by atoms with Crippen LogP contribution in [0.25, 0.3) is 5.69 Å². The Morgan fingerprint density at radius 3 is 2.55 bits per heavy atom. The number of nitrogens with zero attached hydrogens (tertiary/aromatic N) is 3. The van der Waals surface area contributed by atoms with Gasteiger partial charge in [0.25, 0.3) is 0 Å². The van der Waals surface area contributed by atoms with Crippen LogP contribution in [0.2, 0.25) is 5.02 Å². The lowest BCUT2D eigenvalue weighted by molar-refractivity contribution is -0.126. The zero-order chi connectivity index (χ0) is 23.5. The lowest BCUT2D eigenvalue weighted by Crippen LogP contribution is -2.34. The molecule has 0 radical (unpaired) electrons. The molecule has 8 nitrogen and oxygen atoms in total. The average molecular weight is 469 g/mol. The smallest absolute Gasteiger partial charge is 0.227 e. The number of carbonyl (C=O) groups excluding carboxylic acids is 2. The Kier molecular flexibility index (Phi) is 6.55. The monoisotopic (exact) mass is 468 g/mol. The van der Waals surface area contributed by atoms with Crippen LogP contribution in [-0.4, -0.2) is 42.1 Å². The summed E-state index contributed by atoms with van der Waals surface area (Å²) in [6.07, 6.45) is 5.44. The molecule has 2 atom stereocenters. The van der Waals surface area contributed by atoms with Gasteiger partial charge in [0, 0.05) is 37.1 Å². The largest absolute Gasteiger partial charge is 0.495 e. The molecule has 1 aliphatic heterocycles. The summed E-state index contributed by atoms with van der Waals surface area (Å²) >= 11 is 6.26. The van der Waals surface area contributed by atoms with E-state index in [0.29, 0.717) is 22.2 Å². The van der Waals surface area contributed by atoms with E-state index < -0.39 is 5.92 Å². The van der Waals surface area contributed by atoms with Crippen LogP contribution in [0, 0.1) is 5.92 Å². The number of hydrogen-bond donors (Lipinski definition) is 1. The lowest BCUT2D eigenvalue weighted by Gasteiger charge is -2.21. The molecule has 1 aliphatic rings. The Labute approximate surface area is 197 Å². The van der Waals surface area contributed by atoms with Gasteiger partial charge in [0.05, 0.1) is 43.2 Å². The second kappa shape index (κ2) is 9.54. The first-order valence-corrected chi connectivity index (χ1v) is 10.9. The van der Waals surface area contributed by atoms with E-state index in [1.807, 2.05) is 42.0 Å². The molecule has 3 aromatic rings. The van der Waals surface area contributed by atoms with Crippen LogP contribution in [0.15, 0.2) is 55.1 Å². The van der Waals surface area contributed by atoms with E-state index in [2.05, 4.69) is 10.3 Å². The lowest BCUT2D eigenvalue weighted by atomic mass is 10.0. The fraction of sp³-hybridized carbons (Fsp3) is 0.292. The predicted molar refractivity (Wildman–Crippen MR) is 125 cm³/mol. The minimum absolute atomic E-state index is 0.116. The minimum atomic E-state index is -0.476. The Bertz CT molecular complexity index is 1150.